The van der Waals surface area contributed by atoms with Crippen LogP contribution in [0.2, 0.25) is 0 Å². The molecule has 0 spiro atoms. The van der Waals surface area contributed by atoms with Crippen LogP contribution >= 0.6 is 0 Å². The second kappa shape index (κ2) is 5.62. The second-order valence-corrected chi connectivity index (χ2v) is 4.39. The first kappa shape index (κ1) is 13.1. The lowest BCUT2D eigenvalue weighted by molar-refractivity contribution is 0.0895. The average Bonchev–Trinajstić information content (AvgIpc) is 3.01. The van der Waals surface area contributed by atoms with E-state index in [0.29, 0.717) is 18.1 Å². The van der Waals surface area contributed by atoms with Crippen molar-refractivity contribution >= 4 is 5.91 Å². The van der Waals surface area contributed by atoms with Gasteiger partial charge in [-0.05, 0) is 24.3 Å². The van der Waals surface area contributed by atoms with E-state index >= 15 is 0 Å². The zero-order valence-electron chi connectivity index (χ0n) is 11.5. The highest BCUT2D eigenvalue weighted by Gasteiger charge is 2.17. The maximum absolute atomic E-state index is 12.1. The van der Waals surface area contributed by atoms with Gasteiger partial charge in [0.25, 0.3) is 0 Å². The first-order valence-electron chi connectivity index (χ1n) is 6.60. The first-order chi connectivity index (χ1) is 10.3. The summed E-state index contributed by atoms with van der Waals surface area (Å²) < 4.78 is 1.35. The number of carbonyl (C=O) groups excluding carboxylic acids is 1. The Morgan fingerprint density at radius 1 is 1.00 bits per heavy atom. The molecular weight excluding hydrogens is 266 g/mol. The minimum atomic E-state index is -0.102. The van der Waals surface area contributed by atoms with E-state index in [-0.39, 0.29) is 5.91 Å². The molecule has 0 fully saturated rings. The summed E-state index contributed by atoms with van der Waals surface area (Å²) in [6, 6.07) is 7.23. The van der Waals surface area contributed by atoms with Gasteiger partial charge in [0, 0.05) is 42.3 Å². The van der Waals surface area contributed by atoms with Gasteiger partial charge in [0.15, 0.2) is 11.6 Å². The quantitative estimate of drug-likeness (QED) is 0.736. The SMILES string of the molecule is CCC(=O)n1nc(-c2ccncc2)nc1-c1ccncc1. The summed E-state index contributed by atoms with van der Waals surface area (Å²) in [5.41, 5.74) is 1.63. The van der Waals surface area contributed by atoms with Gasteiger partial charge < -0.3 is 0 Å². The molecule has 6 nitrogen and oxygen atoms in total. The van der Waals surface area contributed by atoms with E-state index in [1.165, 1.54) is 4.68 Å². The number of nitrogens with zero attached hydrogens (tertiary/aromatic N) is 5. The molecule has 0 aliphatic heterocycles. The standard InChI is InChI=1S/C15H13N5O/c1-2-13(21)20-15(12-5-9-17-10-6-12)18-14(19-20)11-3-7-16-8-4-11/h3-10H,2H2,1H3. The molecular formula is C15H13N5O. The molecule has 3 aromatic rings. The molecule has 0 saturated carbocycles. The molecule has 0 bridgehead atoms. The van der Waals surface area contributed by atoms with Crippen LogP contribution in [0.4, 0.5) is 0 Å². The smallest absolute Gasteiger partial charge is 0.248 e. The molecule has 0 aliphatic rings. The Kier molecular flexibility index (Phi) is 3.51. The summed E-state index contributed by atoms with van der Waals surface area (Å²) in [6.07, 6.45) is 7.03. The third kappa shape index (κ3) is 2.55. The number of hydrogen-bond acceptors (Lipinski definition) is 5. The van der Waals surface area contributed by atoms with Crippen molar-refractivity contribution in [3.63, 3.8) is 0 Å². The van der Waals surface area contributed by atoms with Gasteiger partial charge in [0.2, 0.25) is 5.91 Å². The van der Waals surface area contributed by atoms with Gasteiger partial charge in [-0.25, -0.2) is 4.98 Å². The Morgan fingerprint density at radius 2 is 1.57 bits per heavy atom. The summed E-state index contributed by atoms with van der Waals surface area (Å²) >= 11 is 0. The molecule has 0 N–H and O–H groups in total. The molecule has 3 rings (SSSR count). The molecule has 0 aliphatic carbocycles. The Bertz CT molecular complexity index is 752. The van der Waals surface area contributed by atoms with Crippen LogP contribution in [-0.2, 0) is 0 Å². The lowest BCUT2D eigenvalue weighted by Gasteiger charge is -2.01. The highest BCUT2D eigenvalue weighted by atomic mass is 16.2. The van der Waals surface area contributed by atoms with Gasteiger partial charge in [0.05, 0.1) is 0 Å². The predicted octanol–water partition coefficient (Wildman–Crippen LogP) is 2.45. The van der Waals surface area contributed by atoms with Gasteiger partial charge in [-0.15, -0.1) is 5.10 Å². The number of rotatable bonds is 3. The van der Waals surface area contributed by atoms with Crippen molar-refractivity contribution in [3.05, 3.63) is 49.1 Å². The molecule has 0 radical (unpaired) electrons. The normalized spacial score (nSPS) is 10.5. The summed E-state index contributed by atoms with van der Waals surface area (Å²) in [6.45, 7) is 1.80. The van der Waals surface area contributed by atoms with E-state index in [9.17, 15) is 4.79 Å². The van der Waals surface area contributed by atoms with Crippen molar-refractivity contribution in [2.75, 3.05) is 0 Å². The van der Waals surface area contributed by atoms with Crippen LogP contribution in [0.3, 0.4) is 0 Å². The van der Waals surface area contributed by atoms with Crippen LogP contribution < -0.4 is 0 Å². The topological polar surface area (TPSA) is 73.6 Å². The van der Waals surface area contributed by atoms with Crippen LogP contribution in [0.5, 0.6) is 0 Å². The lowest BCUT2D eigenvalue weighted by atomic mass is 10.2. The fraction of sp³-hybridized carbons (Fsp3) is 0.133. The van der Waals surface area contributed by atoms with Crippen molar-refractivity contribution in [2.24, 2.45) is 0 Å². The fourth-order valence-corrected chi connectivity index (χ4v) is 1.95. The molecule has 3 aromatic heterocycles. The molecule has 0 atom stereocenters. The van der Waals surface area contributed by atoms with Gasteiger partial charge in [-0.3, -0.25) is 14.8 Å². The molecule has 3 heterocycles. The van der Waals surface area contributed by atoms with Crippen LogP contribution in [-0.4, -0.2) is 30.6 Å². The number of carbonyl (C=O) groups is 1. The maximum Gasteiger partial charge on any atom is 0.248 e. The van der Waals surface area contributed by atoms with E-state index < -0.39 is 0 Å². The van der Waals surface area contributed by atoms with Crippen molar-refractivity contribution in [1.82, 2.24) is 24.7 Å². The molecule has 0 amide bonds. The molecule has 0 aromatic carbocycles. The van der Waals surface area contributed by atoms with E-state index in [4.69, 9.17) is 0 Å². The van der Waals surface area contributed by atoms with Crippen LogP contribution in [0.1, 0.15) is 18.1 Å². The van der Waals surface area contributed by atoms with Crippen molar-refractivity contribution in [3.8, 4) is 22.8 Å². The Labute approximate surface area is 121 Å². The highest BCUT2D eigenvalue weighted by molar-refractivity contribution is 5.82. The van der Waals surface area contributed by atoms with Gasteiger partial charge in [-0.2, -0.15) is 4.68 Å². The van der Waals surface area contributed by atoms with E-state index in [1.54, 1.807) is 43.8 Å². The van der Waals surface area contributed by atoms with E-state index in [2.05, 4.69) is 20.1 Å². The predicted molar refractivity (Wildman–Crippen MR) is 77.4 cm³/mol. The largest absolute Gasteiger partial charge is 0.273 e. The second-order valence-electron chi connectivity index (χ2n) is 4.39. The Morgan fingerprint density at radius 3 is 2.14 bits per heavy atom. The zero-order valence-corrected chi connectivity index (χ0v) is 11.5. The first-order valence-corrected chi connectivity index (χ1v) is 6.60. The van der Waals surface area contributed by atoms with Crippen LogP contribution in [0.15, 0.2) is 49.1 Å². The minimum absolute atomic E-state index is 0.102. The zero-order chi connectivity index (χ0) is 14.7. The lowest BCUT2D eigenvalue weighted by Crippen LogP contribution is -2.12. The van der Waals surface area contributed by atoms with Crippen LogP contribution in [0.25, 0.3) is 22.8 Å². The Balaban J connectivity index is 2.14. The third-order valence-corrected chi connectivity index (χ3v) is 3.02. The summed E-state index contributed by atoms with van der Waals surface area (Å²) in [4.78, 5) is 24.5. The minimum Gasteiger partial charge on any atom is -0.273 e. The summed E-state index contributed by atoms with van der Waals surface area (Å²) in [7, 11) is 0. The fourth-order valence-electron chi connectivity index (χ4n) is 1.95. The third-order valence-electron chi connectivity index (χ3n) is 3.02. The highest BCUT2D eigenvalue weighted by Crippen LogP contribution is 2.21. The molecule has 6 heteroatoms. The van der Waals surface area contributed by atoms with E-state index in [0.717, 1.165) is 11.1 Å². The molecule has 104 valence electrons. The molecule has 0 unspecified atom stereocenters. The van der Waals surface area contributed by atoms with Crippen molar-refractivity contribution in [2.45, 2.75) is 13.3 Å². The van der Waals surface area contributed by atoms with Gasteiger partial charge in [0.1, 0.15) is 0 Å². The number of hydrogen-bond donors (Lipinski definition) is 0. The number of pyridine rings is 2. The van der Waals surface area contributed by atoms with Gasteiger partial charge >= 0.3 is 0 Å². The molecule has 0 saturated heterocycles. The summed E-state index contributed by atoms with van der Waals surface area (Å²) in [5, 5.41) is 4.34. The van der Waals surface area contributed by atoms with Crippen molar-refractivity contribution in [1.29, 1.82) is 0 Å². The summed E-state index contributed by atoms with van der Waals surface area (Å²) in [5.74, 6) is 0.927. The average molecular weight is 279 g/mol. The molecule has 21 heavy (non-hydrogen) atoms. The van der Waals surface area contributed by atoms with E-state index in [1.807, 2.05) is 12.1 Å². The Hall–Kier alpha value is -2.89. The van der Waals surface area contributed by atoms with Crippen molar-refractivity contribution < 1.29 is 4.79 Å². The van der Waals surface area contributed by atoms with Crippen LogP contribution in [0, 0.1) is 0 Å². The monoisotopic (exact) mass is 279 g/mol. The van der Waals surface area contributed by atoms with Gasteiger partial charge in [-0.1, -0.05) is 6.92 Å². The maximum atomic E-state index is 12.1. The number of aromatic nitrogens is 5.